The minimum atomic E-state index is -4.60. The van der Waals surface area contributed by atoms with Gasteiger partial charge in [-0.3, -0.25) is 0 Å². The summed E-state index contributed by atoms with van der Waals surface area (Å²) in [6, 6.07) is 15.3. The molecular weight excluding hydrogens is 296 g/mol. The van der Waals surface area contributed by atoms with Crippen molar-refractivity contribution >= 4 is 15.5 Å². The van der Waals surface area contributed by atoms with Gasteiger partial charge in [0.15, 0.2) is 0 Å². The normalized spacial score (nSPS) is 11.6. The molecule has 0 spiro atoms. The van der Waals surface area contributed by atoms with E-state index in [0.29, 0.717) is 13.0 Å². The van der Waals surface area contributed by atoms with Crippen LogP contribution in [0.25, 0.3) is 0 Å². The monoisotopic (exact) mass is 311 g/mol. The van der Waals surface area contributed by atoms with Gasteiger partial charge in [-0.15, -0.1) is 0 Å². The first kappa shape index (κ1) is 15.4. The Bertz CT molecular complexity index is 688. The minimum absolute atomic E-state index is 0.203. The molecule has 1 N–H and O–H groups in total. The van der Waals surface area contributed by atoms with E-state index in [2.05, 4.69) is 5.32 Å². The van der Waals surface area contributed by atoms with E-state index in [-0.39, 0.29) is 10.6 Å². The number of rotatable bonds is 6. The molecule has 0 aromatic heterocycles. The molecule has 21 heavy (non-hydrogen) atoms. The highest BCUT2D eigenvalue weighted by atomic mass is 32.2. The molecule has 0 aliphatic heterocycles. The summed E-state index contributed by atoms with van der Waals surface area (Å²) in [5.74, 6) is -3.42. The summed E-state index contributed by atoms with van der Waals surface area (Å²) in [5.41, 5.74) is 1.29. The molecule has 2 aromatic rings. The second-order valence-corrected chi connectivity index (χ2v) is 6.35. The molecule has 0 saturated carbocycles. The highest BCUT2D eigenvalue weighted by molar-refractivity contribution is 7.91. The summed E-state index contributed by atoms with van der Waals surface area (Å²) < 4.78 is 48.5. The van der Waals surface area contributed by atoms with E-state index in [4.69, 9.17) is 0 Å². The third kappa shape index (κ3) is 3.78. The molecule has 3 nitrogen and oxygen atoms in total. The predicted molar refractivity (Wildman–Crippen MR) is 78.3 cm³/mol. The maximum atomic E-state index is 12.6. The van der Waals surface area contributed by atoms with E-state index >= 15 is 0 Å². The fraction of sp³-hybridized carbons (Fsp3) is 0.200. The summed E-state index contributed by atoms with van der Waals surface area (Å²) in [6.07, 6.45) is 0.671. The highest BCUT2D eigenvalue weighted by Gasteiger charge is 2.28. The van der Waals surface area contributed by atoms with Gasteiger partial charge in [0.1, 0.15) is 0 Å². The van der Waals surface area contributed by atoms with Crippen molar-refractivity contribution in [3.05, 3.63) is 60.2 Å². The molecule has 112 valence electrons. The van der Waals surface area contributed by atoms with Crippen LogP contribution in [0.2, 0.25) is 0 Å². The number of alkyl halides is 2. The molecule has 2 aromatic carbocycles. The van der Waals surface area contributed by atoms with E-state index in [1.807, 2.05) is 30.3 Å². The lowest BCUT2D eigenvalue weighted by molar-refractivity contribution is 0.235. The van der Waals surface area contributed by atoms with E-state index in [1.165, 1.54) is 18.2 Å². The lowest BCUT2D eigenvalue weighted by Crippen LogP contribution is -2.15. The fourth-order valence-electron chi connectivity index (χ4n) is 1.94. The Kier molecular flexibility index (Phi) is 4.90. The highest BCUT2D eigenvalue weighted by Crippen LogP contribution is 2.25. The summed E-state index contributed by atoms with van der Waals surface area (Å²) in [6.45, 7) is 0.458. The Morgan fingerprint density at radius 3 is 2.24 bits per heavy atom. The zero-order chi connectivity index (χ0) is 15.3. The molecule has 0 fully saturated rings. The summed E-state index contributed by atoms with van der Waals surface area (Å²) in [4.78, 5) is -0.368. The number of hydrogen-bond donors (Lipinski definition) is 1. The van der Waals surface area contributed by atoms with E-state index in [0.717, 1.165) is 5.56 Å². The van der Waals surface area contributed by atoms with Crippen molar-refractivity contribution in [2.75, 3.05) is 11.9 Å². The average molecular weight is 311 g/mol. The molecule has 0 aliphatic rings. The first-order valence-electron chi connectivity index (χ1n) is 6.40. The van der Waals surface area contributed by atoms with Crippen LogP contribution < -0.4 is 5.32 Å². The van der Waals surface area contributed by atoms with Crippen molar-refractivity contribution in [2.24, 2.45) is 0 Å². The Labute approximate surface area is 122 Å². The summed E-state index contributed by atoms with van der Waals surface area (Å²) in [5, 5.41) is 2.91. The zero-order valence-electron chi connectivity index (χ0n) is 11.2. The van der Waals surface area contributed by atoms with Gasteiger partial charge in [-0.05, 0) is 24.1 Å². The van der Waals surface area contributed by atoms with Gasteiger partial charge in [-0.25, -0.2) is 8.42 Å². The van der Waals surface area contributed by atoms with Crippen LogP contribution in [0.3, 0.4) is 0 Å². The van der Waals surface area contributed by atoms with Crippen LogP contribution in [0.5, 0.6) is 0 Å². The van der Waals surface area contributed by atoms with Gasteiger partial charge in [0.2, 0.25) is 9.84 Å². The van der Waals surface area contributed by atoms with Crippen LogP contribution in [0.4, 0.5) is 14.5 Å². The van der Waals surface area contributed by atoms with Gasteiger partial charge in [-0.1, -0.05) is 42.5 Å². The lowest BCUT2D eigenvalue weighted by Gasteiger charge is -2.12. The van der Waals surface area contributed by atoms with Gasteiger partial charge >= 0.3 is 5.76 Å². The van der Waals surface area contributed by atoms with Gasteiger partial charge in [0.25, 0.3) is 0 Å². The second kappa shape index (κ2) is 6.67. The number of para-hydroxylation sites is 1. The molecule has 0 heterocycles. The SMILES string of the molecule is O=S(=O)(c1ccccc1NCCc1ccccc1)C(F)F. The van der Waals surface area contributed by atoms with Gasteiger partial charge in [0.05, 0.1) is 10.6 Å². The molecule has 0 unspecified atom stereocenters. The number of sulfone groups is 1. The summed E-state index contributed by atoms with van der Waals surface area (Å²) >= 11 is 0. The molecule has 6 heteroatoms. The standard InChI is InChI=1S/C15H15F2NO2S/c16-15(17)21(19,20)14-9-5-4-8-13(14)18-11-10-12-6-2-1-3-7-12/h1-9,15,18H,10-11H2. The first-order chi connectivity index (χ1) is 10.0. The number of hydrogen-bond acceptors (Lipinski definition) is 3. The third-order valence-electron chi connectivity index (χ3n) is 3.00. The molecule has 2 rings (SSSR count). The molecule has 0 amide bonds. The van der Waals surface area contributed by atoms with E-state index in [9.17, 15) is 17.2 Å². The van der Waals surface area contributed by atoms with Crippen LogP contribution in [0, 0.1) is 0 Å². The van der Waals surface area contributed by atoms with Gasteiger partial charge in [-0.2, -0.15) is 8.78 Å². The zero-order valence-corrected chi connectivity index (χ0v) is 12.0. The van der Waals surface area contributed by atoms with E-state index in [1.54, 1.807) is 6.07 Å². The number of nitrogens with one attached hydrogen (secondary N) is 1. The van der Waals surface area contributed by atoms with Crippen LogP contribution in [-0.4, -0.2) is 20.7 Å². The Morgan fingerprint density at radius 2 is 1.57 bits per heavy atom. The van der Waals surface area contributed by atoms with E-state index < -0.39 is 15.6 Å². The maximum Gasteiger partial charge on any atom is 0.341 e. The molecule has 0 aliphatic carbocycles. The van der Waals surface area contributed by atoms with Crippen LogP contribution in [-0.2, 0) is 16.3 Å². The largest absolute Gasteiger partial charge is 0.384 e. The minimum Gasteiger partial charge on any atom is -0.384 e. The second-order valence-electron chi connectivity index (χ2n) is 4.46. The maximum absolute atomic E-state index is 12.6. The van der Waals surface area contributed by atoms with Crippen LogP contribution in [0.15, 0.2) is 59.5 Å². The van der Waals surface area contributed by atoms with Crippen molar-refractivity contribution < 1.29 is 17.2 Å². The summed E-state index contributed by atoms with van der Waals surface area (Å²) in [7, 11) is -4.60. The number of anilines is 1. The topological polar surface area (TPSA) is 46.2 Å². The Hall–Kier alpha value is -1.95. The predicted octanol–water partition coefficient (Wildman–Crippen LogP) is 3.34. The molecular formula is C15H15F2NO2S. The van der Waals surface area contributed by atoms with Gasteiger partial charge in [0, 0.05) is 6.54 Å². The first-order valence-corrected chi connectivity index (χ1v) is 7.95. The molecule has 0 radical (unpaired) electrons. The fourth-order valence-corrected chi connectivity index (χ4v) is 2.85. The van der Waals surface area contributed by atoms with Crippen molar-refractivity contribution in [3.8, 4) is 0 Å². The molecule has 0 atom stereocenters. The van der Waals surface area contributed by atoms with Crippen molar-refractivity contribution in [1.82, 2.24) is 0 Å². The quantitative estimate of drug-likeness (QED) is 0.890. The number of halogens is 2. The smallest absolute Gasteiger partial charge is 0.341 e. The average Bonchev–Trinajstić information content (AvgIpc) is 2.48. The van der Waals surface area contributed by atoms with Crippen LogP contribution >= 0.6 is 0 Å². The molecule has 0 bridgehead atoms. The lowest BCUT2D eigenvalue weighted by atomic mass is 10.1. The van der Waals surface area contributed by atoms with Crippen molar-refractivity contribution in [2.45, 2.75) is 17.1 Å². The third-order valence-corrected chi connectivity index (χ3v) is 4.44. The Morgan fingerprint density at radius 1 is 0.952 bits per heavy atom. The number of benzene rings is 2. The molecule has 0 saturated heterocycles. The Balaban J connectivity index is 2.11. The van der Waals surface area contributed by atoms with Crippen molar-refractivity contribution in [1.29, 1.82) is 0 Å². The van der Waals surface area contributed by atoms with Crippen LogP contribution in [0.1, 0.15) is 5.56 Å². The van der Waals surface area contributed by atoms with Gasteiger partial charge < -0.3 is 5.32 Å². The van der Waals surface area contributed by atoms with Crippen molar-refractivity contribution in [3.63, 3.8) is 0 Å².